The zero-order valence-corrected chi connectivity index (χ0v) is 14.8. The molecule has 2 aliphatic heterocycles. The molecule has 0 spiro atoms. The van der Waals surface area contributed by atoms with Gasteiger partial charge in [-0.25, -0.2) is 4.79 Å². The quantitative estimate of drug-likeness (QED) is 0.871. The number of nitrogens with one attached hydrogen (secondary N) is 1. The van der Waals surface area contributed by atoms with Gasteiger partial charge in [0.1, 0.15) is 0 Å². The summed E-state index contributed by atoms with van der Waals surface area (Å²) in [5.74, 6) is -0.232. The van der Waals surface area contributed by atoms with Crippen molar-refractivity contribution in [2.75, 3.05) is 18.4 Å². The first kappa shape index (κ1) is 17.4. The van der Waals surface area contributed by atoms with E-state index in [1.54, 1.807) is 25.1 Å². The van der Waals surface area contributed by atoms with Crippen LogP contribution in [0.3, 0.4) is 0 Å². The predicted molar refractivity (Wildman–Crippen MR) is 92.0 cm³/mol. The molecule has 0 aliphatic carbocycles. The molecule has 7 nitrogen and oxygen atoms in total. The van der Waals surface area contributed by atoms with Gasteiger partial charge in [-0.15, -0.1) is 0 Å². The van der Waals surface area contributed by atoms with Crippen molar-refractivity contribution < 1.29 is 24.2 Å². The van der Waals surface area contributed by atoms with Crippen LogP contribution in [0.4, 0.5) is 10.5 Å². The molecule has 2 N–H and O–H groups in total. The summed E-state index contributed by atoms with van der Waals surface area (Å²) in [5.41, 5.74) is -0.284. The smallest absolute Gasteiger partial charge is 0.321 e. The Balaban J connectivity index is 1.68. The number of carboxylic acid groups (broad SMARTS) is 1. The van der Waals surface area contributed by atoms with Crippen LogP contribution in [-0.2, 0) is 4.79 Å². The van der Waals surface area contributed by atoms with E-state index >= 15 is 0 Å². The first-order valence-electron chi connectivity index (χ1n) is 8.62. The third-order valence-corrected chi connectivity index (χ3v) is 5.14. The summed E-state index contributed by atoms with van der Waals surface area (Å²) in [6.07, 6.45) is 1.90. The molecule has 3 rings (SSSR count). The average Bonchev–Trinajstić information content (AvgIpc) is 3.16. The normalized spacial score (nSPS) is 23.6. The molecule has 0 radical (unpaired) electrons. The number of carboxylic acids is 1. The summed E-state index contributed by atoms with van der Waals surface area (Å²) in [4.78, 5) is 25.3. The maximum absolute atomic E-state index is 12.4. The summed E-state index contributed by atoms with van der Waals surface area (Å²) in [7, 11) is 0. The maximum atomic E-state index is 12.4. The number of amides is 2. The lowest BCUT2D eigenvalue weighted by atomic mass is 9.90. The molecular weight excluding hydrogens is 324 g/mol. The van der Waals surface area contributed by atoms with E-state index < -0.39 is 17.2 Å². The van der Waals surface area contributed by atoms with Crippen LogP contribution in [0.5, 0.6) is 11.5 Å². The number of hydrogen-bond donors (Lipinski definition) is 2. The molecule has 7 heteroatoms. The number of hydrogen-bond acceptors (Lipinski definition) is 4. The summed E-state index contributed by atoms with van der Waals surface area (Å²) < 4.78 is 11.8. The van der Waals surface area contributed by atoms with Crippen molar-refractivity contribution in [3.05, 3.63) is 18.2 Å². The number of urea groups is 1. The summed E-state index contributed by atoms with van der Waals surface area (Å²) >= 11 is 0. The van der Waals surface area contributed by atoms with Gasteiger partial charge < -0.3 is 24.8 Å². The number of rotatable bonds is 4. The zero-order chi connectivity index (χ0) is 18.2. The predicted octanol–water partition coefficient (Wildman–Crippen LogP) is 3.30. The van der Waals surface area contributed by atoms with Gasteiger partial charge in [0.05, 0.1) is 5.41 Å². The van der Waals surface area contributed by atoms with Gasteiger partial charge in [0.2, 0.25) is 0 Å². The standard InChI is InChI=1S/C18H24N2O5/c1-4-18(5-2)24-13-7-6-12(10-14(13)25-18)19-16(23)20-9-8-17(3,11-20)15(21)22/h6-7,10H,4-5,8-9,11H2,1-3H3,(H,19,23)(H,21,22). The molecule has 0 bridgehead atoms. The van der Waals surface area contributed by atoms with E-state index in [-0.39, 0.29) is 12.6 Å². The number of nitrogens with zero attached hydrogens (tertiary/aromatic N) is 1. The Bertz CT molecular complexity index is 701. The monoisotopic (exact) mass is 348 g/mol. The topological polar surface area (TPSA) is 88.1 Å². The summed E-state index contributed by atoms with van der Waals surface area (Å²) in [6, 6.07) is 4.98. The largest absolute Gasteiger partial charge is 0.481 e. The van der Waals surface area contributed by atoms with Crippen LogP contribution in [0.2, 0.25) is 0 Å². The fourth-order valence-corrected chi connectivity index (χ4v) is 3.22. The third-order valence-electron chi connectivity index (χ3n) is 5.14. The highest BCUT2D eigenvalue weighted by Gasteiger charge is 2.42. The van der Waals surface area contributed by atoms with Gasteiger partial charge in [-0.1, -0.05) is 13.8 Å². The highest BCUT2D eigenvalue weighted by molar-refractivity contribution is 5.90. The first-order chi connectivity index (χ1) is 11.8. The Morgan fingerprint density at radius 1 is 1.24 bits per heavy atom. The van der Waals surface area contributed by atoms with Gasteiger partial charge in [0.25, 0.3) is 5.79 Å². The van der Waals surface area contributed by atoms with Crippen LogP contribution < -0.4 is 14.8 Å². The highest BCUT2D eigenvalue weighted by Crippen LogP contribution is 2.43. The van der Waals surface area contributed by atoms with Crippen molar-refractivity contribution in [3.8, 4) is 11.5 Å². The Morgan fingerprint density at radius 3 is 2.52 bits per heavy atom. The molecule has 2 aliphatic rings. The lowest BCUT2D eigenvalue weighted by Crippen LogP contribution is -2.37. The van der Waals surface area contributed by atoms with E-state index in [9.17, 15) is 14.7 Å². The van der Waals surface area contributed by atoms with Crippen molar-refractivity contribution in [2.24, 2.45) is 5.41 Å². The SMILES string of the molecule is CCC1(CC)Oc2ccc(NC(=O)N3CCC(C)(C(=O)O)C3)cc2O1. The Kier molecular flexibility index (Phi) is 4.26. The minimum Gasteiger partial charge on any atom is -0.481 e. The molecule has 2 heterocycles. The molecule has 1 unspecified atom stereocenters. The van der Waals surface area contributed by atoms with Crippen LogP contribution in [0.25, 0.3) is 0 Å². The number of benzene rings is 1. The van der Waals surface area contributed by atoms with E-state index in [0.717, 1.165) is 12.8 Å². The maximum Gasteiger partial charge on any atom is 0.321 e. The molecule has 25 heavy (non-hydrogen) atoms. The highest BCUT2D eigenvalue weighted by atomic mass is 16.7. The van der Waals surface area contributed by atoms with Gasteiger partial charge in [-0.05, 0) is 25.5 Å². The molecule has 1 atom stereocenters. The molecular formula is C18H24N2O5. The molecule has 1 aromatic carbocycles. The number of carbonyl (C=O) groups excluding carboxylic acids is 1. The number of anilines is 1. The van der Waals surface area contributed by atoms with Crippen molar-refractivity contribution in [2.45, 2.75) is 45.8 Å². The second-order valence-corrected chi connectivity index (χ2v) is 6.95. The Labute approximate surface area is 146 Å². The van der Waals surface area contributed by atoms with E-state index in [1.165, 1.54) is 4.90 Å². The van der Waals surface area contributed by atoms with Gasteiger partial charge >= 0.3 is 12.0 Å². The number of aliphatic carboxylic acids is 1. The number of likely N-dealkylation sites (tertiary alicyclic amines) is 1. The lowest BCUT2D eigenvalue weighted by molar-refractivity contribution is -0.146. The fourth-order valence-electron chi connectivity index (χ4n) is 3.22. The Morgan fingerprint density at radius 2 is 1.92 bits per heavy atom. The number of carbonyl (C=O) groups is 2. The van der Waals surface area contributed by atoms with E-state index in [1.807, 2.05) is 13.8 Å². The van der Waals surface area contributed by atoms with Crippen molar-refractivity contribution in [1.29, 1.82) is 0 Å². The van der Waals surface area contributed by atoms with Crippen LogP contribution in [0.15, 0.2) is 18.2 Å². The summed E-state index contributed by atoms with van der Waals surface area (Å²) in [6.45, 7) is 6.30. The van der Waals surface area contributed by atoms with E-state index in [2.05, 4.69) is 5.32 Å². The fraction of sp³-hybridized carbons (Fsp3) is 0.556. The summed E-state index contributed by atoms with van der Waals surface area (Å²) in [5, 5.41) is 12.1. The van der Waals surface area contributed by atoms with Gasteiger partial charge in [-0.3, -0.25) is 4.79 Å². The molecule has 2 amide bonds. The number of fused-ring (bicyclic) bond motifs is 1. The van der Waals surface area contributed by atoms with E-state index in [0.29, 0.717) is 30.2 Å². The van der Waals surface area contributed by atoms with Crippen LogP contribution >= 0.6 is 0 Å². The van der Waals surface area contributed by atoms with Gasteiger partial charge in [-0.2, -0.15) is 0 Å². The van der Waals surface area contributed by atoms with Crippen LogP contribution in [-0.4, -0.2) is 40.9 Å². The number of ether oxygens (including phenoxy) is 2. The van der Waals surface area contributed by atoms with Crippen molar-refractivity contribution >= 4 is 17.7 Å². The minimum absolute atomic E-state index is 0.202. The third kappa shape index (κ3) is 3.10. The molecule has 1 aromatic rings. The van der Waals surface area contributed by atoms with Crippen LogP contribution in [0, 0.1) is 5.41 Å². The molecule has 1 saturated heterocycles. The lowest BCUT2D eigenvalue weighted by Gasteiger charge is -2.24. The van der Waals surface area contributed by atoms with Gasteiger partial charge in [0.15, 0.2) is 11.5 Å². The molecule has 136 valence electrons. The van der Waals surface area contributed by atoms with Crippen molar-refractivity contribution in [3.63, 3.8) is 0 Å². The average molecular weight is 348 g/mol. The van der Waals surface area contributed by atoms with Gasteiger partial charge in [0, 0.05) is 37.7 Å². The van der Waals surface area contributed by atoms with Crippen LogP contribution in [0.1, 0.15) is 40.0 Å². The second kappa shape index (κ2) is 6.13. The Hall–Kier alpha value is -2.44. The van der Waals surface area contributed by atoms with E-state index in [4.69, 9.17) is 9.47 Å². The minimum atomic E-state index is -0.881. The molecule has 0 aromatic heterocycles. The molecule has 1 fully saturated rings. The zero-order valence-electron chi connectivity index (χ0n) is 14.8. The second-order valence-electron chi connectivity index (χ2n) is 6.95. The van der Waals surface area contributed by atoms with Crippen molar-refractivity contribution in [1.82, 2.24) is 4.90 Å². The first-order valence-corrected chi connectivity index (χ1v) is 8.62. The molecule has 0 saturated carbocycles.